The van der Waals surface area contributed by atoms with Gasteiger partial charge in [-0.2, -0.15) is 0 Å². The number of nitro groups is 1. The molecule has 1 unspecified atom stereocenters. The molecule has 22 heavy (non-hydrogen) atoms. The number of rotatable bonds is 3. The van der Waals surface area contributed by atoms with Gasteiger partial charge in [0, 0.05) is 29.7 Å². The van der Waals surface area contributed by atoms with Crippen molar-refractivity contribution >= 4 is 23.0 Å². The van der Waals surface area contributed by atoms with Crippen LogP contribution in [0.5, 0.6) is 0 Å². The monoisotopic (exact) mass is 318 g/mol. The van der Waals surface area contributed by atoms with Crippen molar-refractivity contribution in [2.75, 3.05) is 24.6 Å². The fourth-order valence-corrected chi connectivity index (χ4v) is 2.94. The summed E-state index contributed by atoms with van der Waals surface area (Å²) in [5, 5.41) is 11.8. The highest BCUT2D eigenvalue weighted by Gasteiger charge is 2.27. The molecule has 2 aromatic carbocycles. The second-order valence-electron chi connectivity index (χ2n) is 5.07. The van der Waals surface area contributed by atoms with Crippen molar-refractivity contribution < 1.29 is 9.66 Å². The summed E-state index contributed by atoms with van der Waals surface area (Å²) in [6.07, 6.45) is -0.192. The van der Waals surface area contributed by atoms with E-state index in [1.54, 1.807) is 12.1 Å². The van der Waals surface area contributed by atoms with E-state index in [0.29, 0.717) is 30.4 Å². The minimum absolute atomic E-state index is 0.113. The van der Waals surface area contributed by atoms with Crippen molar-refractivity contribution in [2.45, 2.75) is 6.10 Å². The van der Waals surface area contributed by atoms with Crippen LogP contribution in [0.3, 0.4) is 0 Å². The minimum atomic E-state index is -0.352. The number of hydrogen-bond acceptors (Lipinski definition) is 4. The van der Waals surface area contributed by atoms with E-state index in [1.165, 1.54) is 6.07 Å². The Labute approximate surface area is 133 Å². The SMILES string of the molecule is O=[N+]([O-])c1ccccc1N1CCOC(c2ccccc2Cl)C1. The first-order valence-electron chi connectivity index (χ1n) is 7.01. The smallest absolute Gasteiger partial charge is 0.292 e. The molecule has 1 aliphatic heterocycles. The van der Waals surface area contributed by atoms with Crippen LogP contribution >= 0.6 is 11.6 Å². The molecule has 0 bridgehead atoms. The highest BCUT2D eigenvalue weighted by molar-refractivity contribution is 6.31. The summed E-state index contributed by atoms with van der Waals surface area (Å²) < 4.78 is 5.80. The van der Waals surface area contributed by atoms with Crippen LogP contribution in [-0.2, 0) is 4.74 Å². The Morgan fingerprint density at radius 3 is 2.68 bits per heavy atom. The highest BCUT2D eigenvalue weighted by atomic mass is 35.5. The zero-order valence-corrected chi connectivity index (χ0v) is 12.6. The van der Waals surface area contributed by atoms with Crippen molar-refractivity contribution in [3.63, 3.8) is 0 Å². The lowest BCUT2D eigenvalue weighted by Crippen LogP contribution is -2.38. The summed E-state index contributed by atoms with van der Waals surface area (Å²) in [7, 11) is 0. The summed E-state index contributed by atoms with van der Waals surface area (Å²) >= 11 is 6.23. The fourth-order valence-electron chi connectivity index (χ4n) is 2.68. The van der Waals surface area contributed by atoms with Crippen LogP contribution in [0.2, 0.25) is 5.02 Å². The molecule has 0 amide bonds. The largest absolute Gasteiger partial charge is 0.370 e. The number of benzene rings is 2. The van der Waals surface area contributed by atoms with Gasteiger partial charge in [-0.25, -0.2) is 0 Å². The van der Waals surface area contributed by atoms with Crippen LogP contribution in [0.25, 0.3) is 0 Å². The standard InChI is InChI=1S/C16H15ClN2O3/c17-13-6-2-1-5-12(13)16-11-18(9-10-22-16)14-7-3-4-8-15(14)19(20)21/h1-8,16H,9-11H2. The Morgan fingerprint density at radius 1 is 1.18 bits per heavy atom. The molecule has 1 fully saturated rings. The predicted octanol–water partition coefficient (Wildman–Crippen LogP) is 3.83. The van der Waals surface area contributed by atoms with Gasteiger partial charge in [0.05, 0.1) is 11.5 Å². The first-order chi connectivity index (χ1) is 10.7. The van der Waals surface area contributed by atoms with Gasteiger partial charge in [-0.1, -0.05) is 41.9 Å². The number of morpholine rings is 1. The Morgan fingerprint density at radius 2 is 1.91 bits per heavy atom. The fraction of sp³-hybridized carbons (Fsp3) is 0.250. The van der Waals surface area contributed by atoms with Crippen LogP contribution in [0.4, 0.5) is 11.4 Å². The molecule has 1 heterocycles. The van der Waals surface area contributed by atoms with Crippen molar-refractivity contribution in [1.82, 2.24) is 0 Å². The van der Waals surface area contributed by atoms with Gasteiger partial charge in [0.1, 0.15) is 11.8 Å². The molecular weight excluding hydrogens is 304 g/mol. The van der Waals surface area contributed by atoms with E-state index in [0.717, 1.165) is 5.56 Å². The van der Waals surface area contributed by atoms with Gasteiger partial charge < -0.3 is 9.64 Å². The first-order valence-corrected chi connectivity index (χ1v) is 7.39. The van der Waals surface area contributed by atoms with E-state index in [2.05, 4.69) is 0 Å². The average molecular weight is 319 g/mol. The van der Waals surface area contributed by atoms with Crippen LogP contribution in [0.1, 0.15) is 11.7 Å². The molecule has 0 spiro atoms. The van der Waals surface area contributed by atoms with Crippen LogP contribution in [0.15, 0.2) is 48.5 Å². The Balaban J connectivity index is 1.88. The van der Waals surface area contributed by atoms with Gasteiger partial charge in [-0.15, -0.1) is 0 Å². The number of anilines is 1. The molecule has 0 radical (unpaired) electrons. The average Bonchev–Trinajstić information content (AvgIpc) is 2.55. The molecule has 1 atom stereocenters. The van der Waals surface area contributed by atoms with Gasteiger partial charge in [-0.05, 0) is 12.1 Å². The molecule has 3 rings (SSSR count). The van der Waals surface area contributed by atoms with Crippen LogP contribution in [-0.4, -0.2) is 24.6 Å². The lowest BCUT2D eigenvalue weighted by atomic mass is 10.1. The van der Waals surface area contributed by atoms with Crippen LogP contribution < -0.4 is 4.90 Å². The third-order valence-electron chi connectivity index (χ3n) is 3.74. The third kappa shape index (κ3) is 2.91. The van der Waals surface area contributed by atoms with E-state index in [9.17, 15) is 10.1 Å². The zero-order chi connectivity index (χ0) is 15.5. The number of nitro benzene ring substituents is 1. The summed E-state index contributed by atoms with van der Waals surface area (Å²) in [4.78, 5) is 12.8. The first kappa shape index (κ1) is 14.8. The maximum absolute atomic E-state index is 11.2. The second kappa shape index (κ2) is 6.34. The summed E-state index contributed by atoms with van der Waals surface area (Å²) in [6, 6.07) is 14.3. The Bertz CT molecular complexity index is 693. The molecular formula is C16H15ClN2O3. The van der Waals surface area contributed by atoms with Crippen molar-refractivity contribution in [2.24, 2.45) is 0 Å². The highest BCUT2D eigenvalue weighted by Crippen LogP contribution is 2.34. The molecule has 1 saturated heterocycles. The number of para-hydroxylation sites is 2. The lowest BCUT2D eigenvalue weighted by Gasteiger charge is -2.34. The second-order valence-corrected chi connectivity index (χ2v) is 5.48. The van der Waals surface area contributed by atoms with Crippen LogP contribution in [0, 0.1) is 10.1 Å². The lowest BCUT2D eigenvalue weighted by molar-refractivity contribution is -0.384. The zero-order valence-electron chi connectivity index (χ0n) is 11.8. The van der Waals surface area contributed by atoms with Crippen molar-refractivity contribution in [3.05, 3.63) is 69.2 Å². The van der Waals surface area contributed by atoms with Gasteiger partial charge >= 0.3 is 0 Å². The molecule has 2 aromatic rings. The molecule has 0 aliphatic carbocycles. The summed E-state index contributed by atoms with van der Waals surface area (Å²) in [5.41, 5.74) is 1.64. The molecule has 0 aromatic heterocycles. The molecule has 6 heteroatoms. The maximum atomic E-state index is 11.2. The molecule has 1 aliphatic rings. The normalized spacial score (nSPS) is 18.2. The van der Waals surface area contributed by atoms with E-state index >= 15 is 0 Å². The van der Waals surface area contributed by atoms with Gasteiger partial charge in [0.15, 0.2) is 0 Å². The van der Waals surface area contributed by atoms with Gasteiger partial charge in [-0.3, -0.25) is 10.1 Å². The number of halogens is 1. The topological polar surface area (TPSA) is 55.6 Å². The van der Waals surface area contributed by atoms with E-state index in [-0.39, 0.29) is 16.7 Å². The number of hydrogen-bond donors (Lipinski definition) is 0. The van der Waals surface area contributed by atoms with Crippen molar-refractivity contribution in [3.8, 4) is 0 Å². The van der Waals surface area contributed by atoms with Gasteiger partial charge in [0.25, 0.3) is 5.69 Å². The molecule has 0 N–H and O–H groups in total. The summed E-state index contributed by atoms with van der Waals surface area (Å²) in [5.74, 6) is 0. The predicted molar refractivity (Wildman–Crippen MR) is 85.5 cm³/mol. The molecule has 5 nitrogen and oxygen atoms in total. The van der Waals surface area contributed by atoms with E-state index < -0.39 is 0 Å². The number of ether oxygens (including phenoxy) is 1. The quantitative estimate of drug-likeness (QED) is 0.637. The molecule has 0 saturated carbocycles. The Kier molecular flexibility index (Phi) is 4.27. The summed E-state index contributed by atoms with van der Waals surface area (Å²) in [6.45, 7) is 1.66. The van der Waals surface area contributed by atoms with Gasteiger partial charge in [0.2, 0.25) is 0 Å². The maximum Gasteiger partial charge on any atom is 0.292 e. The van der Waals surface area contributed by atoms with E-state index in [1.807, 2.05) is 35.2 Å². The third-order valence-corrected chi connectivity index (χ3v) is 4.08. The van der Waals surface area contributed by atoms with E-state index in [4.69, 9.17) is 16.3 Å². The Hall–Kier alpha value is -2.11. The molecule has 114 valence electrons. The minimum Gasteiger partial charge on any atom is -0.370 e. The van der Waals surface area contributed by atoms with Crippen molar-refractivity contribution in [1.29, 1.82) is 0 Å². The number of nitrogens with zero attached hydrogens (tertiary/aromatic N) is 2.